The first-order valence-corrected chi connectivity index (χ1v) is 9.44. The molecule has 4 rings (SSSR count). The van der Waals surface area contributed by atoms with Gasteiger partial charge in [-0.1, -0.05) is 6.58 Å². The van der Waals surface area contributed by atoms with Crippen molar-refractivity contribution in [1.29, 1.82) is 0 Å². The van der Waals surface area contributed by atoms with Gasteiger partial charge in [0.15, 0.2) is 11.6 Å². The van der Waals surface area contributed by atoms with Crippen LogP contribution in [0.25, 0.3) is 0 Å². The highest BCUT2D eigenvalue weighted by atomic mass is 16.8. The summed E-state index contributed by atoms with van der Waals surface area (Å²) in [6, 6.07) is 0. The molecule has 1 N–H and O–H groups in total. The number of aliphatic hydroxyl groups excluding tert-OH is 1. The maximum Gasteiger partial charge on any atom is 0.333 e. The Bertz CT molecular complexity index is 595. The maximum atomic E-state index is 12.2. The van der Waals surface area contributed by atoms with Gasteiger partial charge in [-0.15, -0.1) is 0 Å². The molecule has 2 heterocycles. The Balaban J connectivity index is 1.67. The Hall–Kier alpha value is -0.990. The Morgan fingerprint density at radius 2 is 1.65 bits per heavy atom. The molecule has 7 nitrogen and oxygen atoms in total. The van der Waals surface area contributed by atoms with Crippen LogP contribution in [0.5, 0.6) is 0 Å². The lowest BCUT2D eigenvalue weighted by atomic mass is 9.78. The minimum atomic E-state index is -0.826. The highest BCUT2D eigenvalue weighted by Gasteiger charge is 2.66. The first-order chi connectivity index (χ1) is 12.3. The van der Waals surface area contributed by atoms with E-state index in [1.807, 2.05) is 13.8 Å². The van der Waals surface area contributed by atoms with Crippen molar-refractivity contribution in [3.05, 3.63) is 12.2 Å². The van der Waals surface area contributed by atoms with Gasteiger partial charge in [0.25, 0.3) is 0 Å². The molecular weight excluding hydrogens is 340 g/mol. The fourth-order valence-corrected chi connectivity index (χ4v) is 4.73. The van der Waals surface area contributed by atoms with Crippen LogP contribution in [-0.2, 0) is 28.5 Å². The van der Waals surface area contributed by atoms with Gasteiger partial charge >= 0.3 is 5.97 Å². The van der Waals surface area contributed by atoms with E-state index in [9.17, 15) is 9.90 Å². The van der Waals surface area contributed by atoms with Crippen molar-refractivity contribution < 1.29 is 33.6 Å². The van der Waals surface area contributed by atoms with Gasteiger partial charge in [-0.25, -0.2) is 4.79 Å². The third-order valence-electron chi connectivity index (χ3n) is 5.85. The Labute approximate surface area is 153 Å². The van der Waals surface area contributed by atoms with Crippen LogP contribution in [0, 0.1) is 5.92 Å². The molecule has 0 amide bonds. The van der Waals surface area contributed by atoms with Gasteiger partial charge in [-0.2, -0.15) is 0 Å². The van der Waals surface area contributed by atoms with Crippen LogP contribution in [0.4, 0.5) is 0 Å². The average Bonchev–Trinajstić information content (AvgIpc) is 3.25. The molecule has 4 aliphatic rings. The second-order valence-electron chi connectivity index (χ2n) is 8.34. The lowest BCUT2D eigenvalue weighted by Gasteiger charge is -2.41. The Morgan fingerprint density at radius 1 is 1.08 bits per heavy atom. The van der Waals surface area contributed by atoms with E-state index in [0.717, 1.165) is 25.7 Å². The summed E-state index contributed by atoms with van der Waals surface area (Å²) >= 11 is 0. The minimum Gasteiger partial charge on any atom is -0.456 e. The number of hydrogen-bond donors (Lipinski definition) is 1. The summed E-state index contributed by atoms with van der Waals surface area (Å²) in [6.45, 7) is 8.70. The third-order valence-corrected chi connectivity index (χ3v) is 5.85. The summed E-state index contributed by atoms with van der Waals surface area (Å²) in [4.78, 5) is 12.2. The number of ether oxygens (including phenoxy) is 5. The lowest BCUT2D eigenvalue weighted by molar-refractivity contribution is -0.196. The van der Waals surface area contributed by atoms with Gasteiger partial charge in [0, 0.05) is 18.4 Å². The predicted molar refractivity (Wildman–Crippen MR) is 90.0 cm³/mol. The molecule has 0 aromatic rings. The molecule has 6 atom stereocenters. The summed E-state index contributed by atoms with van der Waals surface area (Å²) in [7, 11) is 0. The van der Waals surface area contributed by atoms with Crippen LogP contribution in [-0.4, -0.2) is 59.8 Å². The first-order valence-electron chi connectivity index (χ1n) is 9.44. The highest BCUT2D eigenvalue weighted by molar-refractivity contribution is 5.87. The second-order valence-corrected chi connectivity index (χ2v) is 8.34. The van der Waals surface area contributed by atoms with E-state index in [1.165, 1.54) is 0 Å². The standard InChI is InChI=1S/C19H28O7/c1-10(2)17(21)22-12-11(9-20)13-15(16-14(12)23-18(3,4)24-16)26-19(25-13)7-5-6-8-19/h11-16,20H,1,5-9H2,2-4H3. The fourth-order valence-electron chi connectivity index (χ4n) is 4.73. The average molecular weight is 368 g/mol. The van der Waals surface area contributed by atoms with Gasteiger partial charge in [0.05, 0.1) is 18.6 Å². The van der Waals surface area contributed by atoms with Crippen molar-refractivity contribution in [3.63, 3.8) is 0 Å². The predicted octanol–water partition coefficient (Wildman–Crippen LogP) is 1.67. The van der Waals surface area contributed by atoms with E-state index in [1.54, 1.807) is 6.92 Å². The topological polar surface area (TPSA) is 83.5 Å². The van der Waals surface area contributed by atoms with Crippen LogP contribution >= 0.6 is 0 Å². The number of esters is 1. The number of rotatable bonds is 3. The molecule has 7 heteroatoms. The zero-order chi connectivity index (χ0) is 18.7. The summed E-state index contributed by atoms with van der Waals surface area (Å²) in [5, 5.41) is 10.1. The molecule has 4 fully saturated rings. The van der Waals surface area contributed by atoms with E-state index >= 15 is 0 Å². The fraction of sp³-hybridized carbons (Fsp3) is 0.842. The van der Waals surface area contributed by atoms with Crippen molar-refractivity contribution >= 4 is 5.97 Å². The largest absolute Gasteiger partial charge is 0.456 e. The maximum absolute atomic E-state index is 12.2. The van der Waals surface area contributed by atoms with Gasteiger partial charge in [0.2, 0.25) is 0 Å². The van der Waals surface area contributed by atoms with E-state index in [0.29, 0.717) is 5.57 Å². The Morgan fingerprint density at radius 3 is 2.27 bits per heavy atom. The molecule has 146 valence electrons. The lowest BCUT2D eigenvalue weighted by Crippen LogP contribution is -2.60. The van der Waals surface area contributed by atoms with Crippen molar-refractivity contribution in [1.82, 2.24) is 0 Å². The van der Waals surface area contributed by atoms with Crippen LogP contribution in [0.3, 0.4) is 0 Å². The van der Waals surface area contributed by atoms with Crippen LogP contribution < -0.4 is 0 Å². The van der Waals surface area contributed by atoms with Crippen molar-refractivity contribution in [3.8, 4) is 0 Å². The zero-order valence-corrected chi connectivity index (χ0v) is 15.6. The number of carbonyl (C=O) groups excluding carboxylic acids is 1. The van der Waals surface area contributed by atoms with Crippen LogP contribution in [0.1, 0.15) is 46.5 Å². The van der Waals surface area contributed by atoms with Gasteiger partial charge in [0.1, 0.15) is 24.4 Å². The molecule has 26 heavy (non-hydrogen) atoms. The van der Waals surface area contributed by atoms with Gasteiger partial charge < -0.3 is 28.8 Å². The van der Waals surface area contributed by atoms with Gasteiger partial charge in [-0.3, -0.25) is 0 Å². The van der Waals surface area contributed by atoms with Crippen molar-refractivity contribution in [2.24, 2.45) is 5.92 Å². The molecule has 2 saturated heterocycles. The quantitative estimate of drug-likeness (QED) is 0.599. The third kappa shape index (κ3) is 2.90. The van der Waals surface area contributed by atoms with E-state index in [-0.39, 0.29) is 12.7 Å². The first kappa shape index (κ1) is 18.4. The van der Waals surface area contributed by atoms with E-state index in [4.69, 9.17) is 23.7 Å². The normalized spacial score (nSPS) is 42.5. The number of carbonyl (C=O) groups is 1. The number of fused-ring (bicyclic) bond motifs is 3. The molecule has 0 aromatic carbocycles. The molecule has 0 aromatic heterocycles. The van der Waals surface area contributed by atoms with Crippen molar-refractivity contribution in [2.75, 3.05) is 6.61 Å². The summed E-state index contributed by atoms with van der Waals surface area (Å²) < 4.78 is 30.5. The van der Waals surface area contributed by atoms with E-state index < -0.39 is 47.9 Å². The molecule has 2 saturated carbocycles. The minimum absolute atomic E-state index is 0.193. The summed E-state index contributed by atoms with van der Waals surface area (Å²) in [5.41, 5.74) is 0.300. The van der Waals surface area contributed by atoms with Crippen LogP contribution in [0.15, 0.2) is 12.2 Å². The summed E-state index contributed by atoms with van der Waals surface area (Å²) in [5.74, 6) is -2.39. The molecule has 2 aliphatic carbocycles. The van der Waals surface area contributed by atoms with Crippen molar-refractivity contribution in [2.45, 2.75) is 88.5 Å². The Kier molecular flexibility index (Phi) is 4.44. The SMILES string of the molecule is C=C(C)C(=O)OC1C(CO)C2OC3(CCCC3)OC2C2OC(C)(C)OC12. The molecule has 1 spiro atoms. The molecule has 6 unspecified atom stereocenters. The van der Waals surface area contributed by atoms with E-state index in [2.05, 4.69) is 6.58 Å². The number of aliphatic hydroxyl groups is 1. The van der Waals surface area contributed by atoms with Crippen LogP contribution in [0.2, 0.25) is 0 Å². The summed E-state index contributed by atoms with van der Waals surface area (Å²) in [6.07, 6.45) is 1.38. The molecule has 0 radical (unpaired) electrons. The number of hydrogen-bond acceptors (Lipinski definition) is 7. The monoisotopic (exact) mass is 368 g/mol. The smallest absolute Gasteiger partial charge is 0.333 e. The molecular formula is C19H28O7. The second kappa shape index (κ2) is 6.27. The molecule has 0 bridgehead atoms. The van der Waals surface area contributed by atoms with Gasteiger partial charge in [-0.05, 0) is 33.6 Å². The zero-order valence-electron chi connectivity index (χ0n) is 15.6. The highest BCUT2D eigenvalue weighted by Crippen LogP contribution is 2.51. The molecule has 2 aliphatic heterocycles.